The fourth-order valence-electron chi connectivity index (χ4n) is 2.14. The number of carbonyl (C=O) groups excluding carboxylic acids is 2. The van der Waals surface area contributed by atoms with Crippen molar-refractivity contribution >= 4 is 11.8 Å². The summed E-state index contributed by atoms with van der Waals surface area (Å²) in [6.45, 7) is 0.457. The summed E-state index contributed by atoms with van der Waals surface area (Å²) in [6, 6.07) is 0.630. The number of hydrogen-bond donors (Lipinski definition) is 1. The third kappa shape index (κ3) is 3.31. The van der Waals surface area contributed by atoms with Gasteiger partial charge in [-0.1, -0.05) is 0 Å². The van der Waals surface area contributed by atoms with Crippen molar-refractivity contribution in [1.29, 1.82) is 0 Å². The molecule has 2 amide bonds. The minimum atomic E-state index is -0.125. The molecule has 3 rings (SSSR count). The van der Waals surface area contributed by atoms with Gasteiger partial charge in [-0.25, -0.2) is 4.98 Å². The van der Waals surface area contributed by atoms with Crippen LogP contribution in [0.3, 0.4) is 0 Å². The molecular formula is C14H18N4O2. The van der Waals surface area contributed by atoms with Crippen LogP contribution in [0, 0.1) is 0 Å². The van der Waals surface area contributed by atoms with E-state index in [1.165, 1.54) is 12.4 Å². The Morgan fingerprint density at radius 3 is 2.65 bits per heavy atom. The maximum Gasteiger partial charge on any atom is 0.274 e. The van der Waals surface area contributed by atoms with Crippen molar-refractivity contribution in [2.24, 2.45) is 0 Å². The summed E-state index contributed by atoms with van der Waals surface area (Å²) in [4.78, 5) is 33.8. The zero-order valence-corrected chi connectivity index (χ0v) is 11.3. The van der Waals surface area contributed by atoms with E-state index in [4.69, 9.17) is 0 Å². The second-order valence-corrected chi connectivity index (χ2v) is 5.41. The van der Waals surface area contributed by atoms with Gasteiger partial charge < -0.3 is 10.2 Å². The molecule has 0 radical (unpaired) electrons. The van der Waals surface area contributed by atoms with Crippen LogP contribution >= 0.6 is 0 Å². The number of aromatic nitrogens is 2. The predicted octanol–water partition coefficient (Wildman–Crippen LogP) is 0.750. The van der Waals surface area contributed by atoms with Crippen molar-refractivity contribution in [1.82, 2.24) is 20.2 Å². The minimum Gasteiger partial charge on any atom is -0.353 e. The van der Waals surface area contributed by atoms with E-state index in [1.54, 1.807) is 11.1 Å². The topological polar surface area (TPSA) is 75.2 Å². The van der Waals surface area contributed by atoms with Crippen molar-refractivity contribution in [2.75, 3.05) is 6.54 Å². The molecule has 0 aliphatic heterocycles. The van der Waals surface area contributed by atoms with Crippen LogP contribution in [0.5, 0.6) is 0 Å². The summed E-state index contributed by atoms with van der Waals surface area (Å²) in [5.41, 5.74) is 0.349. The molecule has 2 aliphatic carbocycles. The smallest absolute Gasteiger partial charge is 0.274 e. The Bertz CT molecular complexity index is 497. The molecule has 2 saturated carbocycles. The molecule has 6 nitrogen and oxygen atoms in total. The number of nitrogens with zero attached hydrogens (tertiary/aromatic N) is 3. The van der Waals surface area contributed by atoms with Crippen LogP contribution in [0.25, 0.3) is 0 Å². The summed E-state index contributed by atoms with van der Waals surface area (Å²) in [5.74, 6) is -0.0927. The highest BCUT2D eigenvalue weighted by atomic mass is 16.2. The van der Waals surface area contributed by atoms with Gasteiger partial charge in [-0.3, -0.25) is 14.6 Å². The van der Waals surface area contributed by atoms with E-state index in [2.05, 4.69) is 15.3 Å². The lowest BCUT2D eigenvalue weighted by Gasteiger charge is -2.21. The van der Waals surface area contributed by atoms with Gasteiger partial charge in [-0.15, -0.1) is 0 Å². The van der Waals surface area contributed by atoms with E-state index < -0.39 is 0 Å². The second kappa shape index (κ2) is 5.56. The van der Waals surface area contributed by atoms with Crippen molar-refractivity contribution in [3.05, 3.63) is 24.3 Å². The van der Waals surface area contributed by atoms with E-state index in [0.717, 1.165) is 25.7 Å². The lowest BCUT2D eigenvalue weighted by molar-refractivity contribution is -0.121. The average molecular weight is 274 g/mol. The van der Waals surface area contributed by atoms with Crippen molar-refractivity contribution < 1.29 is 9.59 Å². The number of hydrogen-bond acceptors (Lipinski definition) is 4. The Morgan fingerprint density at radius 1 is 1.25 bits per heavy atom. The van der Waals surface area contributed by atoms with E-state index in [-0.39, 0.29) is 17.9 Å². The van der Waals surface area contributed by atoms with Crippen LogP contribution in [0.2, 0.25) is 0 Å². The molecule has 1 aromatic rings. The lowest BCUT2D eigenvalue weighted by atomic mass is 10.3. The lowest BCUT2D eigenvalue weighted by Crippen LogP contribution is -2.37. The highest BCUT2D eigenvalue weighted by Crippen LogP contribution is 2.28. The van der Waals surface area contributed by atoms with Gasteiger partial charge in [0.15, 0.2) is 0 Å². The molecule has 0 atom stereocenters. The Kier molecular flexibility index (Phi) is 3.62. The van der Waals surface area contributed by atoms with Crippen LogP contribution in [0.15, 0.2) is 18.6 Å². The highest BCUT2D eigenvalue weighted by Gasteiger charge is 2.34. The van der Waals surface area contributed by atoms with Gasteiger partial charge in [0.25, 0.3) is 5.91 Å². The molecule has 2 aliphatic rings. The first-order valence-electron chi connectivity index (χ1n) is 7.10. The number of amides is 2. The molecule has 1 heterocycles. The molecule has 106 valence electrons. The molecule has 0 unspecified atom stereocenters. The predicted molar refractivity (Wildman–Crippen MR) is 71.9 cm³/mol. The normalized spacial score (nSPS) is 17.6. The van der Waals surface area contributed by atoms with Gasteiger partial charge in [0.2, 0.25) is 5.91 Å². The van der Waals surface area contributed by atoms with Crippen molar-refractivity contribution in [2.45, 2.75) is 44.2 Å². The molecule has 2 fully saturated rings. The fraction of sp³-hybridized carbons (Fsp3) is 0.571. The van der Waals surface area contributed by atoms with Gasteiger partial charge in [-0.05, 0) is 25.7 Å². The van der Waals surface area contributed by atoms with Crippen LogP contribution in [-0.4, -0.2) is 45.3 Å². The van der Waals surface area contributed by atoms with Gasteiger partial charge >= 0.3 is 0 Å². The summed E-state index contributed by atoms with van der Waals surface area (Å²) >= 11 is 0. The molecular weight excluding hydrogens is 256 g/mol. The molecule has 0 bridgehead atoms. The van der Waals surface area contributed by atoms with Crippen LogP contribution in [0.1, 0.15) is 42.6 Å². The summed E-state index contributed by atoms with van der Waals surface area (Å²) < 4.78 is 0. The quantitative estimate of drug-likeness (QED) is 0.830. The Morgan fingerprint density at radius 2 is 2.05 bits per heavy atom. The Balaban J connectivity index is 1.57. The first-order chi connectivity index (χ1) is 9.74. The summed E-state index contributed by atoms with van der Waals surface area (Å²) in [5, 5.41) is 2.94. The number of nitrogens with one attached hydrogen (secondary N) is 1. The van der Waals surface area contributed by atoms with Gasteiger partial charge in [0.1, 0.15) is 5.69 Å². The van der Waals surface area contributed by atoms with Gasteiger partial charge in [-0.2, -0.15) is 0 Å². The zero-order chi connectivity index (χ0) is 13.9. The highest BCUT2D eigenvalue weighted by molar-refractivity contribution is 5.92. The molecule has 6 heteroatoms. The summed E-state index contributed by atoms with van der Waals surface area (Å²) in [6.07, 6.45) is 9.07. The molecule has 20 heavy (non-hydrogen) atoms. The molecule has 0 spiro atoms. The number of rotatable bonds is 6. The van der Waals surface area contributed by atoms with E-state index in [9.17, 15) is 9.59 Å². The standard InChI is InChI=1S/C14H18N4O2/c19-13(17-10-1-2-10)5-8-18(11-3-4-11)14(20)12-9-15-6-7-16-12/h6-7,9-11H,1-5,8H2,(H,17,19). The van der Waals surface area contributed by atoms with Crippen molar-refractivity contribution in [3.63, 3.8) is 0 Å². The average Bonchev–Trinajstić information content (AvgIpc) is 3.34. The third-order valence-corrected chi connectivity index (χ3v) is 3.55. The SMILES string of the molecule is O=C(CCN(C(=O)c1cnccn1)C1CC1)NC1CC1. The summed E-state index contributed by atoms with van der Waals surface area (Å²) in [7, 11) is 0. The Hall–Kier alpha value is -1.98. The van der Waals surface area contributed by atoms with E-state index >= 15 is 0 Å². The van der Waals surface area contributed by atoms with E-state index in [1.807, 2.05) is 0 Å². The maximum atomic E-state index is 12.4. The minimum absolute atomic E-state index is 0.0325. The molecule has 1 aromatic heterocycles. The first kappa shape index (κ1) is 13.0. The fourth-order valence-corrected chi connectivity index (χ4v) is 2.14. The number of carbonyl (C=O) groups is 2. The maximum absolute atomic E-state index is 12.4. The third-order valence-electron chi connectivity index (χ3n) is 3.55. The monoisotopic (exact) mass is 274 g/mol. The van der Waals surface area contributed by atoms with Crippen LogP contribution in [-0.2, 0) is 4.79 Å². The van der Waals surface area contributed by atoms with Crippen LogP contribution < -0.4 is 5.32 Å². The zero-order valence-electron chi connectivity index (χ0n) is 11.3. The molecule has 1 N–H and O–H groups in total. The Labute approximate surface area is 117 Å². The van der Waals surface area contributed by atoms with Gasteiger partial charge in [0.05, 0.1) is 6.20 Å². The second-order valence-electron chi connectivity index (χ2n) is 5.41. The first-order valence-corrected chi connectivity index (χ1v) is 7.10. The molecule has 0 saturated heterocycles. The van der Waals surface area contributed by atoms with Crippen LogP contribution in [0.4, 0.5) is 0 Å². The molecule has 0 aromatic carbocycles. The van der Waals surface area contributed by atoms with Gasteiger partial charge in [0, 0.05) is 37.4 Å². The van der Waals surface area contributed by atoms with E-state index in [0.29, 0.717) is 24.7 Å². The van der Waals surface area contributed by atoms with Crippen molar-refractivity contribution in [3.8, 4) is 0 Å². The largest absolute Gasteiger partial charge is 0.353 e.